The lowest BCUT2D eigenvalue weighted by Gasteiger charge is -2.34. The third kappa shape index (κ3) is 4.21. The number of piperidine rings is 1. The van der Waals surface area contributed by atoms with Crippen LogP contribution in [0.5, 0.6) is 0 Å². The molecule has 1 unspecified atom stereocenters. The smallest absolute Gasteiger partial charge is 0.281 e. The molecule has 0 amide bonds. The van der Waals surface area contributed by atoms with Gasteiger partial charge in [-0.2, -0.15) is 17.0 Å². The molecular formula is C11H24N2O3S. The highest BCUT2D eigenvalue weighted by Crippen LogP contribution is 2.20. The van der Waals surface area contributed by atoms with Gasteiger partial charge in [0.05, 0.1) is 5.60 Å². The van der Waals surface area contributed by atoms with Crippen molar-refractivity contribution in [2.75, 3.05) is 26.7 Å². The van der Waals surface area contributed by atoms with Gasteiger partial charge in [0.15, 0.2) is 0 Å². The molecular weight excluding hydrogens is 240 g/mol. The molecule has 1 saturated heterocycles. The highest BCUT2D eigenvalue weighted by molar-refractivity contribution is 7.86. The van der Waals surface area contributed by atoms with Gasteiger partial charge in [0.2, 0.25) is 0 Å². The van der Waals surface area contributed by atoms with Gasteiger partial charge >= 0.3 is 0 Å². The molecule has 5 nitrogen and oxygen atoms in total. The topological polar surface area (TPSA) is 60.9 Å². The summed E-state index contributed by atoms with van der Waals surface area (Å²) in [4.78, 5) is 0. The van der Waals surface area contributed by atoms with Gasteiger partial charge in [-0.1, -0.05) is 6.92 Å². The van der Waals surface area contributed by atoms with Crippen LogP contribution in [-0.4, -0.2) is 54.4 Å². The van der Waals surface area contributed by atoms with Gasteiger partial charge in [0, 0.05) is 26.7 Å². The molecule has 0 bridgehead atoms. The summed E-state index contributed by atoms with van der Waals surface area (Å²) in [5, 5.41) is 9.68. The molecule has 1 rings (SSSR count). The first-order valence-corrected chi connectivity index (χ1v) is 7.46. The largest absolute Gasteiger partial charge is 0.389 e. The van der Waals surface area contributed by atoms with Crippen LogP contribution in [0, 0.1) is 5.92 Å². The first kappa shape index (κ1) is 14.9. The Morgan fingerprint density at radius 2 is 2.06 bits per heavy atom. The molecule has 0 aliphatic carbocycles. The highest BCUT2D eigenvalue weighted by Gasteiger charge is 2.32. The molecule has 1 heterocycles. The number of rotatable bonds is 4. The number of hydrogen-bond acceptors (Lipinski definition) is 3. The molecule has 1 fully saturated rings. The van der Waals surface area contributed by atoms with Crippen molar-refractivity contribution in [3.63, 3.8) is 0 Å². The van der Waals surface area contributed by atoms with Crippen LogP contribution in [-0.2, 0) is 10.2 Å². The van der Waals surface area contributed by atoms with E-state index in [1.54, 1.807) is 13.8 Å². The lowest BCUT2D eigenvalue weighted by atomic mass is 10.0. The van der Waals surface area contributed by atoms with Gasteiger partial charge in [0.25, 0.3) is 10.2 Å². The SMILES string of the molecule is CC1CCCN(S(=O)(=O)N(C)CC(C)(C)O)C1. The van der Waals surface area contributed by atoms with Gasteiger partial charge in [-0.15, -0.1) is 0 Å². The average molecular weight is 264 g/mol. The number of likely N-dealkylation sites (N-methyl/N-ethyl adjacent to an activating group) is 1. The van der Waals surface area contributed by atoms with E-state index in [1.165, 1.54) is 15.7 Å². The van der Waals surface area contributed by atoms with Crippen LogP contribution in [0.3, 0.4) is 0 Å². The van der Waals surface area contributed by atoms with Crippen molar-refractivity contribution in [2.45, 2.75) is 39.2 Å². The molecule has 1 aliphatic rings. The predicted octanol–water partition coefficient (Wildman–Crippen LogP) is 0.666. The molecule has 1 N–H and O–H groups in total. The molecule has 1 aliphatic heterocycles. The summed E-state index contributed by atoms with van der Waals surface area (Å²) in [5.74, 6) is 0.411. The van der Waals surface area contributed by atoms with Crippen molar-refractivity contribution < 1.29 is 13.5 Å². The minimum absolute atomic E-state index is 0.111. The average Bonchev–Trinajstić information content (AvgIpc) is 2.15. The summed E-state index contributed by atoms with van der Waals surface area (Å²) in [5.41, 5.74) is -1.01. The summed E-state index contributed by atoms with van der Waals surface area (Å²) >= 11 is 0. The zero-order chi connectivity index (χ0) is 13.3. The molecule has 0 aromatic heterocycles. The van der Waals surface area contributed by atoms with Crippen LogP contribution in [0.4, 0.5) is 0 Å². The van der Waals surface area contributed by atoms with Crippen LogP contribution in [0.15, 0.2) is 0 Å². The fourth-order valence-corrected chi connectivity index (χ4v) is 3.86. The molecule has 0 aromatic carbocycles. The zero-order valence-electron chi connectivity index (χ0n) is 11.2. The maximum absolute atomic E-state index is 12.2. The van der Waals surface area contributed by atoms with Crippen molar-refractivity contribution in [3.8, 4) is 0 Å². The molecule has 1 atom stereocenters. The van der Waals surface area contributed by atoms with E-state index in [-0.39, 0.29) is 6.54 Å². The van der Waals surface area contributed by atoms with Gasteiger partial charge in [0.1, 0.15) is 0 Å². The first-order chi connectivity index (χ1) is 7.63. The van der Waals surface area contributed by atoms with Gasteiger partial charge in [-0.25, -0.2) is 0 Å². The Hall–Kier alpha value is -0.170. The summed E-state index contributed by atoms with van der Waals surface area (Å²) < 4.78 is 27.3. The number of aliphatic hydroxyl groups is 1. The van der Waals surface area contributed by atoms with Crippen molar-refractivity contribution in [1.29, 1.82) is 0 Å². The molecule has 0 saturated carbocycles. The van der Waals surface area contributed by atoms with E-state index in [4.69, 9.17) is 0 Å². The zero-order valence-corrected chi connectivity index (χ0v) is 12.0. The third-order valence-electron chi connectivity index (χ3n) is 2.95. The van der Waals surface area contributed by atoms with Gasteiger partial charge in [-0.05, 0) is 32.6 Å². The maximum Gasteiger partial charge on any atom is 0.281 e. The fourth-order valence-electron chi connectivity index (χ4n) is 2.18. The van der Waals surface area contributed by atoms with Crippen LogP contribution in [0.25, 0.3) is 0 Å². The fraction of sp³-hybridized carbons (Fsp3) is 1.00. The molecule has 0 radical (unpaired) electrons. The van der Waals surface area contributed by atoms with Crippen molar-refractivity contribution in [1.82, 2.24) is 8.61 Å². The Bertz CT molecular complexity index is 348. The van der Waals surface area contributed by atoms with Crippen molar-refractivity contribution in [3.05, 3.63) is 0 Å². The summed E-state index contributed by atoms with van der Waals surface area (Å²) in [6, 6.07) is 0. The van der Waals surface area contributed by atoms with Crippen molar-refractivity contribution in [2.24, 2.45) is 5.92 Å². The molecule has 0 aromatic rings. The second-order valence-electron chi connectivity index (χ2n) is 5.68. The minimum Gasteiger partial charge on any atom is -0.389 e. The Morgan fingerprint density at radius 3 is 2.53 bits per heavy atom. The Kier molecular flexibility index (Phi) is 4.57. The van der Waals surface area contributed by atoms with Crippen LogP contribution in [0.1, 0.15) is 33.6 Å². The normalized spacial score (nSPS) is 24.2. The predicted molar refractivity (Wildman–Crippen MR) is 67.8 cm³/mol. The molecule has 17 heavy (non-hydrogen) atoms. The van der Waals surface area contributed by atoms with E-state index in [0.717, 1.165) is 12.8 Å². The highest BCUT2D eigenvalue weighted by atomic mass is 32.2. The second-order valence-corrected chi connectivity index (χ2v) is 7.72. The quantitative estimate of drug-likeness (QED) is 0.811. The third-order valence-corrected chi connectivity index (χ3v) is 4.85. The van der Waals surface area contributed by atoms with Crippen LogP contribution >= 0.6 is 0 Å². The van der Waals surface area contributed by atoms with E-state index in [2.05, 4.69) is 6.92 Å². The van der Waals surface area contributed by atoms with E-state index >= 15 is 0 Å². The minimum atomic E-state index is -3.42. The Labute approximate surface area is 105 Å². The van der Waals surface area contributed by atoms with Crippen molar-refractivity contribution >= 4 is 10.2 Å². The van der Waals surface area contributed by atoms with E-state index < -0.39 is 15.8 Å². The summed E-state index contributed by atoms with van der Waals surface area (Å²) in [6.45, 7) is 6.56. The van der Waals surface area contributed by atoms with Crippen LogP contribution in [0.2, 0.25) is 0 Å². The number of hydrogen-bond donors (Lipinski definition) is 1. The number of nitrogens with zero attached hydrogens (tertiary/aromatic N) is 2. The lowest BCUT2D eigenvalue weighted by Crippen LogP contribution is -2.49. The molecule has 6 heteroatoms. The van der Waals surface area contributed by atoms with E-state index in [9.17, 15) is 13.5 Å². The molecule has 0 spiro atoms. The first-order valence-electron chi connectivity index (χ1n) is 6.07. The van der Waals surface area contributed by atoms with E-state index in [0.29, 0.717) is 19.0 Å². The van der Waals surface area contributed by atoms with E-state index in [1.807, 2.05) is 0 Å². The summed E-state index contributed by atoms with van der Waals surface area (Å²) in [6.07, 6.45) is 2.00. The monoisotopic (exact) mass is 264 g/mol. The second kappa shape index (κ2) is 5.22. The Balaban J connectivity index is 2.73. The van der Waals surface area contributed by atoms with Crippen LogP contribution < -0.4 is 0 Å². The van der Waals surface area contributed by atoms with Gasteiger partial charge < -0.3 is 5.11 Å². The Morgan fingerprint density at radius 1 is 1.47 bits per heavy atom. The lowest BCUT2D eigenvalue weighted by molar-refractivity contribution is 0.0620. The van der Waals surface area contributed by atoms with Gasteiger partial charge in [-0.3, -0.25) is 0 Å². The summed E-state index contributed by atoms with van der Waals surface area (Å²) in [7, 11) is -1.90. The molecule has 102 valence electrons. The standard InChI is InChI=1S/C11H24N2O3S/c1-10-6-5-7-13(8-10)17(15,16)12(4)9-11(2,3)14/h10,14H,5-9H2,1-4H3. The maximum atomic E-state index is 12.2.